The van der Waals surface area contributed by atoms with E-state index in [0.717, 1.165) is 24.2 Å². The molecule has 1 atom stereocenters. The first-order chi connectivity index (χ1) is 11.1. The number of rotatable bonds is 7. The van der Waals surface area contributed by atoms with Crippen LogP contribution in [-0.4, -0.2) is 30.9 Å². The van der Waals surface area contributed by atoms with Crippen LogP contribution >= 0.6 is 0 Å². The van der Waals surface area contributed by atoms with E-state index in [1.54, 1.807) is 0 Å². The molecule has 0 radical (unpaired) electrons. The third-order valence-corrected chi connectivity index (χ3v) is 4.00. The number of nitrogen functional groups attached to an aromatic ring is 1. The van der Waals surface area contributed by atoms with Gasteiger partial charge in [0.15, 0.2) is 0 Å². The first-order valence-corrected chi connectivity index (χ1v) is 7.99. The second kappa shape index (κ2) is 8.34. The quantitative estimate of drug-likeness (QED) is 0.773. The van der Waals surface area contributed by atoms with Gasteiger partial charge >= 0.3 is 0 Å². The summed E-state index contributed by atoms with van der Waals surface area (Å²) in [6.07, 6.45) is 0.795. The smallest absolute Gasteiger partial charge is 0.241 e. The third kappa shape index (κ3) is 4.83. The van der Waals surface area contributed by atoms with Crippen LogP contribution in [0.2, 0.25) is 0 Å². The molecule has 122 valence electrons. The van der Waals surface area contributed by atoms with E-state index in [1.165, 1.54) is 5.56 Å². The second-order valence-electron chi connectivity index (χ2n) is 5.67. The van der Waals surface area contributed by atoms with Crippen molar-refractivity contribution in [1.82, 2.24) is 10.2 Å². The number of likely N-dealkylation sites (N-methyl/N-ethyl adjacent to an activating group) is 1. The molecule has 0 spiro atoms. The van der Waals surface area contributed by atoms with E-state index in [1.807, 2.05) is 66.5 Å². The Hall–Kier alpha value is -2.33. The largest absolute Gasteiger partial charge is 0.399 e. The Bertz CT molecular complexity index is 610. The maximum atomic E-state index is 12.6. The lowest BCUT2D eigenvalue weighted by Gasteiger charge is -2.26. The molecule has 4 nitrogen and oxygen atoms in total. The molecule has 1 amide bonds. The monoisotopic (exact) mass is 311 g/mol. The average molecular weight is 311 g/mol. The summed E-state index contributed by atoms with van der Waals surface area (Å²) in [4.78, 5) is 14.7. The highest BCUT2D eigenvalue weighted by molar-refractivity contribution is 5.83. The molecule has 0 aliphatic rings. The van der Waals surface area contributed by atoms with Gasteiger partial charge < -0.3 is 11.1 Å². The van der Waals surface area contributed by atoms with Crippen LogP contribution < -0.4 is 11.1 Å². The minimum absolute atomic E-state index is 0.0380. The second-order valence-corrected chi connectivity index (χ2v) is 5.67. The predicted molar refractivity (Wildman–Crippen MR) is 95.1 cm³/mol. The molecule has 1 unspecified atom stereocenters. The van der Waals surface area contributed by atoms with Gasteiger partial charge in [-0.2, -0.15) is 0 Å². The van der Waals surface area contributed by atoms with Crippen molar-refractivity contribution in [2.45, 2.75) is 19.4 Å². The van der Waals surface area contributed by atoms with Crippen LogP contribution in [0.5, 0.6) is 0 Å². The molecule has 0 fully saturated rings. The zero-order valence-corrected chi connectivity index (χ0v) is 13.8. The third-order valence-electron chi connectivity index (χ3n) is 4.00. The number of carbonyl (C=O) groups excluding carboxylic acids is 1. The summed E-state index contributed by atoms with van der Waals surface area (Å²) >= 11 is 0. The number of benzene rings is 2. The molecular formula is C19H25N3O. The van der Waals surface area contributed by atoms with Gasteiger partial charge in [-0.05, 0) is 43.3 Å². The Kier molecular flexibility index (Phi) is 6.18. The molecule has 3 N–H and O–H groups in total. The average Bonchev–Trinajstić information content (AvgIpc) is 2.57. The van der Waals surface area contributed by atoms with E-state index in [0.29, 0.717) is 6.54 Å². The minimum Gasteiger partial charge on any atom is -0.399 e. The van der Waals surface area contributed by atoms with Crippen molar-refractivity contribution in [3.05, 3.63) is 65.7 Å². The topological polar surface area (TPSA) is 58.4 Å². The fourth-order valence-electron chi connectivity index (χ4n) is 2.53. The summed E-state index contributed by atoms with van der Waals surface area (Å²) in [7, 11) is 1.97. The number of anilines is 1. The van der Waals surface area contributed by atoms with Gasteiger partial charge in [0.2, 0.25) is 5.91 Å². The highest BCUT2D eigenvalue weighted by Crippen LogP contribution is 2.19. The number of hydrogen-bond acceptors (Lipinski definition) is 3. The zero-order valence-electron chi connectivity index (χ0n) is 13.8. The lowest BCUT2D eigenvalue weighted by atomic mass is 10.0. The molecule has 0 saturated carbocycles. The fraction of sp³-hybridized carbons (Fsp3) is 0.316. The maximum absolute atomic E-state index is 12.6. The molecule has 4 heteroatoms. The van der Waals surface area contributed by atoms with Crippen LogP contribution in [0.15, 0.2) is 54.6 Å². The van der Waals surface area contributed by atoms with Gasteiger partial charge in [0.25, 0.3) is 0 Å². The first-order valence-electron chi connectivity index (χ1n) is 7.99. The van der Waals surface area contributed by atoms with E-state index in [2.05, 4.69) is 12.2 Å². The summed E-state index contributed by atoms with van der Waals surface area (Å²) in [5, 5.41) is 3.05. The molecular weight excluding hydrogens is 286 g/mol. The maximum Gasteiger partial charge on any atom is 0.241 e. The summed E-state index contributed by atoms with van der Waals surface area (Å²) in [5.74, 6) is 0.0380. The Balaban J connectivity index is 1.97. The fourth-order valence-corrected chi connectivity index (χ4v) is 2.53. The molecule has 0 heterocycles. The number of hydrogen-bond donors (Lipinski definition) is 2. The normalized spacial score (nSPS) is 12.1. The number of nitrogens with zero attached hydrogens (tertiary/aromatic N) is 1. The van der Waals surface area contributed by atoms with Crippen LogP contribution in [0.1, 0.15) is 24.1 Å². The number of amides is 1. The number of carbonyl (C=O) groups is 1. The Labute approximate surface area is 138 Å². The molecule has 0 aromatic heterocycles. The predicted octanol–water partition coefficient (Wildman–Crippen LogP) is 2.62. The highest BCUT2D eigenvalue weighted by atomic mass is 16.2. The zero-order chi connectivity index (χ0) is 16.7. The standard InChI is InChI=1S/C19H25N3O/c1-3-22(2)18(16-7-5-4-6-8-16)19(23)21-14-13-15-9-11-17(20)12-10-15/h4-12,18H,3,13-14,20H2,1-2H3,(H,21,23). The summed E-state index contributed by atoms with van der Waals surface area (Å²) in [6.45, 7) is 3.48. The molecule has 0 aliphatic carbocycles. The summed E-state index contributed by atoms with van der Waals surface area (Å²) in [5.41, 5.74) is 8.62. The lowest BCUT2D eigenvalue weighted by Crippen LogP contribution is -2.39. The van der Waals surface area contributed by atoms with Crippen molar-refractivity contribution in [3.63, 3.8) is 0 Å². The molecule has 0 aliphatic heterocycles. The number of nitrogens with one attached hydrogen (secondary N) is 1. The molecule has 23 heavy (non-hydrogen) atoms. The van der Waals surface area contributed by atoms with Gasteiger partial charge in [0, 0.05) is 12.2 Å². The Morgan fingerprint density at radius 1 is 1.13 bits per heavy atom. The van der Waals surface area contributed by atoms with Crippen LogP contribution in [0.25, 0.3) is 0 Å². The molecule has 2 aromatic rings. The van der Waals surface area contributed by atoms with Crippen molar-refractivity contribution < 1.29 is 4.79 Å². The molecule has 2 aromatic carbocycles. The van der Waals surface area contributed by atoms with Gasteiger partial charge in [-0.3, -0.25) is 9.69 Å². The van der Waals surface area contributed by atoms with Crippen LogP contribution in [0, 0.1) is 0 Å². The van der Waals surface area contributed by atoms with Crippen molar-refractivity contribution >= 4 is 11.6 Å². The van der Waals surface area contributed by atoms with E-state index < -0.39 is 0 Å². The van der Waals surface area contributed by atoms with Gasteiger partial charge in [-0.15, -0.1) is 0 Å². The lowest BCUT2D eigenvalue weighted by molar-refractivity contribution is -0.126. The van der Waals surface area contributed by atoms with Crippen LogP contribution in [0.3, 0.4) is 0 Å². The minimum atomic E-state index is -0.257. The van der Waals surface area contributed by atoms with Crippen molar-refractivity contribution in [1.29, 1.82) is 0 Å². The van der Waals surface area contributed by atoms with Gasteiger partial charge in [0.05, 0.1) is 0 Å². The van der Waals surface area contributed by atoms with Gasteiger partial charge in [-0.1, -0.05) is 49.4 Å². The Morgan fingerprint density at radius 3 is 2.39 bits per heavy atom. The van der Waals surface area contributed by atoms with E-state index >= 15 is 0 Å². The molecule has 0 saturated heterocycles. The summed E-state index contributed by atoms with van der Waals surface area (Å²) < 4.78 is 0. The van der Waals surface area contributed by atoms with Crippen LogP contribution in [-0.2, 0) is 11.2 Å². The van der Waals surface area contributed by atoms with E-state index in [-0.39, 0.29) is 11.9 Å². The summed E-state index contributed by atoms with van der Waals surface area (Å²) in [6, 6.07) is 17.4. The van der Waals surface area contributed by atoms with E-state index in [4.69, 9.17) is 5.73 Å². The van der Waals surface area contributed by atoms with Gasteiger partial charge in [0.1, 0.15) is 6.04 Å². The molecule has 0 bridgehead atoms. The van der Waals surface area contributed by atoms with Gasteiger partial charge in [-0.25, -0.2) is 0 Å². The van der Waals surface area contributed by atoms with Crippen LogP contribution in [0.4, 0.5) is 5.69 Å². The highest BCUT2D eigenvalue weighted by Gasteiger charge is 2.23. The molecule has 2 rings (SSSR count). The van der Waals surface area contributed by atoms with Crippen molar-refractivity contribution in [2.24, 2.45) is 0 Å². The number of nitrogens with two attached hydrogens (primary N) is 1. The van der Waals surface area contributed by atoms with Crippen molar-refractivity contribution in [2.75, 3.05) is 25.9 Å². The SMILES string of the molecule is CCN(C)C(C(=O)NCCc1ccc(N)cc1)c1ccccc1. The Morgan fingerprint density at radius 2 is 1.78 bits per heavy atom. The first kappa shape index (κ1) is 17.0. The van der Waals surface area contributed by atoms with E-state index in [9.17, 15) is 4.79 Å². The van der Waals surface area contributed by atoms with Crippen molar-refractivity contribution in [3.8, 4) is 0 Å².